The van der Waals surface area contributed by atoms with E-state index in [1.807, 2.05) is 11.3 Å². The van der Waals surface area contributed by atoms with E-state index in [-0.39, 0.29) is 0 Å². The molecule has 1 aromatic heterocycles. The van der Waals surface area contributed by atoms with E-state index in [0.717, 1.165) is 0 Å². The number of benzene rings is 2. The van der Waals surface area contributed by atoms with Crippen LogP contribution in [0, 0.1) is 27.7 Å². The van der Waals surface area contributed by atoms with Crippen LogP contribution in [-0.4, -0.2) is 6.71 Å². The van der Waals surface area contributed by atoms with Gasteiger partial charge in [0.1, 0.15) is 0 Å². The van der Waals surface area contributed by atoms with Gasteiger partial charge in [0.05, 0.1) is 0 Å². The molecule has 0 saturated heterocycles. The summed E-state index contributed by atoms with van der Waals surface area (Å²) in [6.07, 6.45) is 0. The molecular weight excluding hydrogens is 283 g/mol. The fourth-order valence-corrected chi connectivity index (χ4v) is 4.29. The molecule has 0 aliphatic rings. The second-order valence-electron chi connectivity index (χ2n) is 6.06. The fraction of sp³-hybridized carbons (Fsp3) is 0.200. The van der Waals surface area contributed by atoms with Crippen molar-refractivity contribution < 1.29 is 0 Å². The fourth-order valence-electron chi connectivity index (χ4n) is 3.45. The molecule has 0 saturated carbocycles. The minimum absolute atomic E-state index is 0.336. The van der Waals surface area contributed by atoms with Crippen LogP contribution in [0.5, 0.6) is 0 Å². The van der Waals surface area contributed by atoms with Gasteiger partial charge in [-0.15, -0.1) is 0 Å². The topological polar surface area (TPSA) is 0 Å². The first-order chi connectivity index (χ1) is 10.6. The Morgan fingerprint density at radius 2 is 1.09 bits per heavy atom. The van der Waals surface area contributed by atoms with Crippen LogP contribution in [0.1, 0.15) is 22.3 Å². The van der Waals surface area contributed by atoms with Gasteiger partial charge in [-0.3, -0.25) is 0 Å². The van der Waals surface area contributed by atoms with Gasteiger partial charge in [0, 0.05) is 0 Å². The molecule has 22 heavy (non-hydrogen) atoms. The Labute approximate surface area is 137 Å². The summed E-state index contributed by atoms with van der Waals surface area (Å²) in [6, 6.07) is 17.7. The Morgan fingerprint density at radius 3 is 1.45 bits per heavy atom. The van der Waals surface area contributed by atoms with E-state index in [4.69, 9.17) is 0 Å². The van der Waals surface area contributed by atoms with E-state index >= 15 is 0 Å². The van der Waals surface area contributed by atoms with Gasteiger partial charge in [-0.05, 0) is 37.9 Å². The van der Waals surface area contributed by atoms with Crippen LogP contribution < -0.4 is 15.7 Å². The van der Waals surface area contributed by atoms with E-state index in [1.54, 1.807) is 0 Å². The predicted octanol–water partition coefficient (Wildman–Crippen LogP) is 3.50. The summed E-state index contributed by atoms with van der Waals surface area (Å²) < 4.78 is 1.43. The number of rotatable bonds is 3. The van der Waals surface area contributed by atoms with Crippen LogP contribution in [0.3, 0.4) is 0 Å². The van der Waals surface area contributed by atoms with Crippen LogP contribution >= 0.6 is 11.3 Å². The highest BCUT2D eigenvalue weighted by Crippen LogP contribution is 2.10. The van der Waals surface area contributed by atoms with Crippen LogP contribution in [-0.2, 0) is 0 Å². The van der Waals surface area contributed by atoms with E-state index < -0.39 is 0 Å². The SMILES string of the molecule is Cc1cccc(C)c1B(c1cccs1)c1c(C)cccc1C. The molecule has 0 aliphatic carbocycles. The molecule has 2 aromatic carbocycles. The average Bonchev–Trinajstić information content (AvgIpc) is 2.98. The molecule has 0 unspecified atom stereocenters. The van der Waals surface area contributed by atoms with Gasteiger partial charge >= 0.3 is 0 Å². The monoisotopic (exact) mass is 304 g/mol. The van der Waals surface area contributed by atoms with Gasteiger partial charge in [0.2, 0.25) is 0 Å². The zero-order valence-electron chi connectivity index (χ0n) is 13.7. The molecule has 1 heterocycles. The highest BCUT2D eigenvalue weighted by atomic mass is 32.1. The van der Waals surface area contributed by atoms with Crippen LogP contribution in [0.2, 0.25) is 0 Å². The molecule has 0 atom stereocenters. The zero-order chi connectivity index (χ0) is 15.7. The smallest absolute Gasteiger partial charge is 0.158 e. The van der Waals surface area contributed by atoms with Crippen LogP contribution in [0.4, 0.5) is 0 Å². The molecule has 0 amide bonds. The van der Waals surface area contributed by atoms with Crippen molar-refractivity contribution in [3.63, 3.8) is 0 Å². The first kappa shape index (κ1) is 15.1. The third-order valence-electron chi connectivity index (χ3n) is 4.49. The van der Waals surface area contributed by atoms with Crippen molar-refractivity contribution >= 4 is 33.8 Å². The van der Waals surface area contributed by atoms with E-state index in [9.17, 15) is 0 Å². The molecule has 2 heteroatoms. The van der Waals surface area contributed by atoms with Gasteiger partial charge < -0.3 is 0 Å². The molecule has 110 valence electrons. The minimum atomic E-state index is 0.336. The standard InChI is InChI=1S/C20H21BS/c1-14-8-5-9-15(2)19(14)21(18-12-7-13-22-18)20-16(3)10-6-11-17(20)4/h5-13H,1-4H3. The summed E-state index contributed by atoms with van der Waals surface area (Å²) >= 11 is 1.86. The Morgan fingerprint density at radius 1 is 0.636 bits per heavy atom. The van der Waals surface area contributed by atoms with Gasteiger partial charge in [-0.25, -0.2) is 0 Å². The lowest BCUT2D eigenvalue weighted by Crippen LogP contribution is -2.54. The molecule has 3 rings (SSSR count). The molecule has 0 aliphatic heterocycles. The normalized spacial score (nSPS) is 10.7. The van der Waals surface area contributed by atoms with Crippen molar-refractivity contribution in [1.29, 1.82) is 0 Å². The summed E-state index contributed by atoms with van der Waals surface area (Å²) in [5, 5.41) is 2.18. The van der Waals surface area contributed by atoms with Crippen molar-refractivity contribution in [3.8, 4) is 0 Å². The molecule has 0 spiro atoms. The summed E-state index contributed by atoms with van der Waals surface area (Å²) in [4.78, 5) is 0. The second-order valence-corrected chi connectivity index (χ2v) is 7.04. The van der Waals surface area contributed by atoms with Gasteiger partial charge in [-0.1, -0.05) is 81.7 Å². The van der Waals surface area contributed by atoms with Gasteiger partial charge in [0.25, 0.3) is 6.71 Å². The first-order valence-electron chi connectivity index (χ1n) is 7.75. The number of aryl methyl sites for hydroxylation is 4. The molecule has 3 aromatic rings. The van der Waals surface area contributed by atoms with Gasteiger partial charge in [-0.2, -0.15) is 11.3 Å². The molecule has 0 fully saturated rings. The lowest BCUT2D eigenvalue weighted by molar-refractivity contribution is 1.41. The average molecular weight is 304 g/mol. The Hall–Kier alpha value is -1.80. The highest BCUT2D eigenvalue weighted by molar-refractivity contribution is 7.26. The quantitative estimate of drug-likeness (QED) is 0.650. The molecule has 0 nitrogen and oxygen atoms in total. The van der Waals surface area contributed by atoms with Crippen LogP contribution in [0.25, 0.3) is 0 Å². The molecule has 0 radical (unpaired) electrons. The minimum Gasteiger partial charge on any atom is -0.158 e. The van der Waals surface area contributed by atoms with E-state index in [1.165, 1.54) is 38.0 Å². The van der Waals surface area contributed by atoms with E-state index in [2.05, 4.69) is 81.6 Å². The highest BCUT2D eigenvalue weighted by Gasteiger charge is 2.28. The Kier molecular flexibility index (Phi) is 4.22. The lowest BCUT2D eigenvalue weighted by Gasteiger charge is -2.22. The number of hydrogen-bond donors (Lipinski definition) is 0. The third kappa shape index (κ3) is 2.64. The lowest BCUT2D eigenvalue weighted by atomic mass is 9.37. The maximum Gasteiger partial charge on any atom is 0.255 e. The van der Waals surface area contributed by atoms with Crippen molar-refractivity contribution in [2.24, 2.45) is 0 Å². The van der Waals surface area contributed by atoms with E-state index in [0.29, 0.717) is 6.71 Å². The molecular formula is C20H21BS. The Bertz CT molecular complexity index is 695. The second kappa shape index (κ2) is 6.14. The summed E-state index contributed by atoms with van der Waals surface area (Å²) in [7, 11) is 0. The summed E-state index contributed by atoms with van der Waals surface area (Å²) in [5.41, 5.74) is 8.42. The first-order valence-corrected chi connectivity index (χ1v) is 8.63. The molecule has 0 N–H and O–H groups in total. The van der Waals surface area contributed by atoms with Crippen molar-refractivity contribution in [2.75, 3.05) is 0 Å². The van der Waals surface area contributed by atoms with Crippen molar-refractivity contribution in [1.82, 2.24) is 0 Å². The van der Waals surface area contributed by atoms with Crippen molar-refractivity contribution in [3.05, 3.63) is 76.2 Å². The predicted molar refractivity (Wildman–Crippen MR) is 101 cm³/mol. The van der Waals surface area contributed by atoms with Gasteiger partial charge in [0.15, 0.2) is 0 Å². The largest absolute Gasteiger partial charge is 0.255 e. The Balaban J connectivity index is 2.31. The molecule has 0 bridgehead atoms. The van der Waals surface area contributed by atoms with Crippen LogP contribution in [0.15, 0.2) is 53.9 Å². The number of thiophene rings is 1. The maximum absolute atomic E-state index is 2.27. The van der Waals surface area contributed by atoms with Crippen molar-refractivity contribution in [2.45, 2.75) is 27.7 Å². The maximum atomic E-state index is 2.27. The number of hydrogen-bond acceptors (Lipinski definition) is 1. The third-order valence-corrected chi connectivity index (χ3v) is 5.43. The summed E-state index contributed by atoms with van der Waals surface area (Å²) in [6.45, 7) is 9.27. The summed E-state index contributed by atoms with van der Waals surface area (Å²) in [5.74, 6) is 0. The zero-order valence-corrected chi connectivity index (χ0v) is 14.5.